The monoisotopic (exact) mass is 167 g/mol. The quantitative estimate of drug-likeness (QED) is 0.596. The maximum Gasteiger partial charge on any atom is 0.210 e. The lowest BCUT2D eigenvalue weighted by Crippen LogP contribution is -2.34. The maximum absolute atomic E-state index is 10.6. The zero-order valence-electron chi connectivity index (χ0n) is 6.42. The van der Waals surface area contributed by atoms with Gasteiger partial charge in [-0.15, -0.1) is 0 Å². The van der Waals surface area contributed by atoms with Gasteiger partial charge >= 0.3 is 0 Å². The Labute approximate surface area is 61.6 Å². The molecule has 0 aliphatic rings. The summed E-state index contributed by atoms with van der Waals surface area (Å²) in [4.78, 5) is 0. The average molecular weight is 167 g/mol. The molecule has 5 heteroatoms. The van der Waals surface area contributed by atoms with Crippen LogP contribution in [0.15, 0.2) is 0 Å². The number of nitrogens with one attached hydrogen (secondary N) is 1. The van der Waals surface area contributed by atoms with Gasteiger partial charge in [0.15, 0.2) is 0 Å². The van der Waals surface area contributed by atoms with Crippen LogP contribution < -0.4 is 4.72 Å². The highest BCUT2D eigenvalue weighted by atomic mass is 32.2. The van der Waals surface area contributed by atoms with E-state index in [9.17, 15) is 8.42 Å². The molecule has 0 fully saturated rings. The molecule has 0 bridgehead atoms. The molecule has 1 N–H and O–H groups in total. The van der Waals surface area contributed by atoms with Gasteiger partial charge in [0.2, 0.25) is 10.0 Å². The fraction of sp³-hybridized carbons (Fsp3) is 1.00. The molecular weight excluding hydrogens is 154 g/mol. The predicted octanol–water partition coefficient (Wildman–Crippen LogP) is -0.0819. The van der Waals surface area contributed by atoms with Crippen molar-refractivity contribution in [2.24, 2.45) is 0 Å². The Bertz CT molecular complexity index is 171. The van der Waals surface area contributed by atoms with Crippen molar-refractivity contribution in [3.05, 3.63) is 0 Å². The van der Waals surface area contributed by atoms with Crippen LogP contribution in [-0.2, 0) is 14.8 Å². The van der Waals surface area contributed by atoms with Crippen molar-refractivity contribution < 1.29 is 13.2 Å². The Hall–Kier alpha value is -0.130. The molecule has 0 amide bonds. The molecule has 0 heterocycles. The molecular formula is C5H13NO3S. The van der Waals surface area contributed by atoms with Gasteiger partial charge in [0, 0.05) is 7.11 Å². The Morgan fingerprint density at radius 2 is 2.10 bits per heavy atom. The summed E-state index contributed by atoms with van der Waals surface area (Å²) in [5.41, 5.74) is 0. The standard InChI is InChI=1S/C5H13NO3S/c1-4-5(9-2)6-10(3,7)8/h5-6H,4H2,1-3H3. The van der Waals surface area contributed by atoms with Crippen LogP contribution in [0.2, 0.25) is 0 Å². The van der Waals surface area contributed by atoms with Crippen molar-refractivity contribution in [2.75, 3.05) is 13.4 Å². The van der Waals surface area contributed by atoms with E-state index in [1.54, 1.807) is 0 Å². The van der Waals surface area contributed by atoms with Crippen LogP contribution in [0.1, 0.15) is 13.3 Å². The number of ether oxygens (including phenoxy) is 1. The van der Waals surface area contributed by atoms with Crippen LogP contribution >= 0.6 is 0 Å². The lowest BCUT2D eigenvalue weighted by Gasteiger charge is -2.12. The number of hydrogen-bond acceptors (Lipinski definition) is 3. The minimum absolute atomic E-state index is 0.394. The van der Waals surface area contributed by atoms with Gasteiger partial charge < -0.3 is 4.74 Å². The molecule has 0 spiro atoms. The molecule has 0 aliphatic heterocycles. The van der Waals surface area contributed by atoms with Gasteiger partial charge in [-0.05, 0) is 6.42 Å². The third-order valence-corrected chi connectivity index (χ3v) is 1.69. The Balaban J connectivity index is 3.87. The molecule has 0 aromatic carbocycles. The molecule has 0 saturated carbocycles. The van der Waals surface area contributed by atoms with Crippen molar-refractivity contribution >= 4 is 10.0 Å². The first-order valence-corrected chi connectivity index (χ1v) is 4.89. The average Bonchev–Trinajstić information content (AvgIpc) is 1.81. The first-order chi connectivity index (χ1) is 4.49. The lowest BCUT2D eigenvalue weighted by atomic mass is 10.4. The van der Waals surface area contributed by atoms with Crippen molar-refractivity contribution in [3.8, 4) is 0 Å². The van der Waals surface area contributed by atoms with Gasteiger partial charge in [0.1, 0.15) is 6.23 Å². The second-order valence-corrected chi connectivity index (χ2v) is 3.80. The summed E-state index contributed by atoms with van der Waals surface area (Å²) in [7, 11) is -1.66. The minimum atomic E-state index is -3.12. The van der Waals surface area contributed by atoms with Crippen LogP contribution in [0.4, 0.5) is 0 Å². The molecule has 0 radical (unpaired) electrons. The number of methoxy groups -OCH3 is 1. The zero-order chi connectivity index (χ0) is 8.20. The molecule has 1 unspecified atom stereocenters. The molecule has 0 rings (SSSR count). The minimum Gasteiger partial charge on any atom is -0.366 e. The predicted molar refractivity (Wildman–Crippen MR) is 39.1 cm³/mol. The van der Waals surface area contributed by atoms with Crippen LogP contribution in [0.3, 0.4) is 0 Å². The summed E-state index contributed by atoms with van der Waals surface area (Å²) in [6.07, 6.45) is 1.34. The van der Waals surface area contributed by atoms with E-state index in [0.717, 1.165) is 6.26 Å². The maximum atomic E-state index is 10.6. The van der Waals surface area contributed by atoms with Gasteiger partial charge in [-0.2, -0.15) is 4.72 Å². The van der Waals surface area contributed by atoms with Gasteiger partial charge in [-0.1, -0.05) is 6.92 Å². The molecule has 1 atom stereocenters. The molecule has 62 valence electrons. The third kappa shape index (κ3) is 4.72. The van der Waals surface area contributed by atoms with E-state index in [0.29, 0.717) is 6.42 Å². The Morgan fingerprint density at radius 1 is 1.60 bits per heavy atom. The van der Waals surface area contributed by atoms with E-state index >= 15 is 0 Å². The second kappa shape index (κ2) is 3.90. The van der Waals surface area contributed by atoms with Crippen molar-refractivity contribution in [2.45, 2.75) is 19.6 Å². The van der Waals surface area contributed by atoms with Crippen LogP contribution in [0, 0.1) is 0 Å². The van der Waals surface area contributed by atoms with E-state index in [4.69, 9.17) is 4.74 Å². The van der Waals surface area contributed by atoms with E-state index < -0.39 is 16.3 Å². The highest BCUT2D eigenvalue weighted by Crippen LogP contribution is 1.92. The number of sulfonamides is 1. The normalized spacial score (nSPS) is 15.1. The Kier molecular flexibility index (Phi) is 3.85. The molecule has 10 heavy (non-hydrogen) atoms. The van der Waals surface area contributed by atoms with Crippen LogP contribution in [-0.4, -0.2) is 28.0 Å². The number of hydrogen-bond donors (Lipinski definition) is 1. The van der Waals surface area contributed by atoms with Gasteiger partial charge in [-0.3, -0.25) is 0 Å². The lowest BCUT2D eigenvalue weighted by molar-refractivity contribution is 0.0908. The summed E-state index contributed by atoms with van der Waals surface area (Å²) >= 11 is 0. The van der Waals surface area contributed by atoms with Gasteiger partial charge in [-0.25, -0.2) is 8.42 Å². The first-order valence-electron chi connectivity index (χ1n) is 2.99. The Morgan fingerprint density at radius 3 is 2.20 bits per heavy atom. The van der Waals surface area contributed by atoms with Crippen LogP contribution in [0.25, 0.3) is 0 Å². The van der Waals surface area contributed by atoms with E-state index in [1.807, 2.05) is 6.92 Å². The summed E-state index contributed by atoms with van der Waals surface area (Å²) < 4.78 is 28.2. The van der Waals surface area contributed by atoms with Gasteiger partial charge in [0.05, 0.1) is 6.26 Å². The molecule has 4 nitrogen and oxygen atoms in total. The van der Waals surface area contributed by atoms with Gasteiger partial charge in [0.25, 0.3) is 0 Å². The summed E-state index contributed by atoms with van der Waals surface area (Å²) in [6, 6.07) is 0. The van der Waals surface area contributed by atoms with Crippen molar-refractivity contribution in [1.82, 2.24) is 4.72 Å². The van der Waals surface area contributed by atoms with Crippen molar-refractivity contribution in [3.63, 3.8) is 0 Å². The molecule has 0 aromatic rings. The van der Waals surface area contributed by atoms with E-state index in [-0.39, 0.29) is 0 Å². The first kappa shape index (κ1) is 9.87. The fourth-order valence-electron chi connectivity index (χ4n) is 0.537. The summed E-state index contributed by atoms with van der Waals surface area (Å²) in [6.45, 7) is 1.84. The molecule has 0 aliphatic carbocycles. The number of rotatable bonds is 4. The topological polar surface area (TPSA) is 55.4 Å². The highest BCUT2D eigenvalue weighted by Gasteiger charge is 2.08. The molecule has 0 aromatic heterocycles. The van der Waals surface area contributed by atoms with E-state index in [1.165, 1.54) is 7.11 Å². The summed E-state index contributed by atoms with van der Waals surface area (Å²) in [5, 5.41) is 0. The third-order valence-electron chi connectivity index (χ3n) is 1.00. The highest BCUT2D eigenvalue weighted by molar-refractivity contribution is 7.88. The fourth-order valence-corrected chi connectivity index (χ4v) is 1.28. The second-order valence-electron chi connectivity index (χ2n) is 2.02. The van der Waals surface area contributed by atoms with Crippen molar-refractivity contribution in [1.29, 1.82) is 0 Å². The SMILES string of the molecule is CCC(NS(C)(=O)=O)OC. The largest absolute Gasteiger partial charge is 0.366 e. The zero-order valence-corrected chi connectivity index (χ0v) is 7.23. The molecule has 0 saturated heterocycles. The smallest absolute Gasteiger partial charge is 0.210 e. The summed E-state index contributed by atoms with van der Waals surface area (Å²) in [5.74, 6) is 0. The van der Waals surface area contributed by atoms with Crippen LogP contribution in [0.5, 0.6) is 0 Å². The van der Waals surface area contributed by atoms with E-state index in [2.05, 4.69) is 4.72 Å².